The Labute approximate surface area is 118 Å². The maximum absolute atomic E-state index is 4.96. The van der Waals surface area contributed by atoms with E-state index in [1.165, 1.54) is 4.88 Å². The van der Waals surface area contributed by atoms with Gasteiger partial charge in [-0.2, -0.15) is 0 Å². The molecule has 2 aromatic heterocycles. The molecule has 0 unspecified atom stereocenters. The molecule has 18 heavy (non-hydrogen) atoms. The van der Waals surface area contributed by atoms with E-state index in [0.29, 0.717) is 6.61 Å². The molecule has 0 aliphatic carbocycles. The molecule has 2 heterocycles. The van der Waals surface area contributed by atoms with E-state index in [4.69, 9.17) is 4.74 Å². The molecule has 0 aliphatic rings. The minimum atomic E-state index is 0.706. The zero-order chi connectivity index (χ0) is 12.8. The van der Waals surface area contributed by atoms with E-state index in [-0.39, 0.29) is 0 Å². The summed E-state index contributed by atoms with van der Waals surface area (Å²) in [6, 6.07) is 2.10. The van der Waals surface area contributed by atoms with E-state index >= 15 is 0 Å². The molecule has 0 saturated heterocycles. The average Bonchev–Trinajstić information content (AvgIpc) is 2.95. The summed E-state index contributed by atoms with van der Waals surface area (Å²) in [4.78, 5) is 1.26. The molecule has 0 atom stereocenters. The highest BCUT2D eigenvalue weighted by molar-refractivity contribution is 9.10. The molecule has 2 rings (SSSR count). The van der Waals surface area contributed by atoms with Gasteiger partial charge in [-0.3, -0.25) is 0 Å². The van der Waals surface area contributed by atoms with Gasteiger partial charge in [0.25, 0.3) is 0 Å². The Morgan fingerprint density at radius 2 is 2.44 bits per heavy atom. The van der Waals surface area contributed by atoms with Crippen LogP contribution in [-0.2, 0) is 17.8 Å². The number of hydrogen-bond donors (Lipinski definition) is 1. The number of rotatable bonds is 7. The third-order valence-corrected chi connectivity index (χ3v) is 4.00. The highest BCUT2D eigenvalue weighted by atomic mass is 79.9. The van der Waals surface area contributed by atoms with Crippen LogP contribution in [0.25, 0.3) is 0 Å². The van der Waals surface area contributed by atoms with Gasteiger partial charge in [-0.15, -0.1) is 16.4 Å². The van der Waals surface area contributed by atoms with Crippen molar-refractivity contribution in [2.45, 2.75) is 13.1 Å². The second-order valence-corrected chi connectivity index (χ2v) is 5.72. The summed E-state index contributed by atoms with van der Waals surface area (Å²) in [5.41, 5.74) is 0.946. The Bertz CT molecular complexity index is 485. The van der Waals surface area contributed by atoms with Crippen molar-refractivity contribution in [3.05, 3.63) is 32.7 Å². The summed E-state index contributed by atoms with van der Waals surface area (Å²) in [6.45, 7) is 3.01. The van der Waals surface area contributed by atoms with E-state index in [0.717, 1.165) is 29.8 Å². The number of thiophene rings is 1. The van der Waals surface area contributed by atoms with Crippen molar-refractivity contribution in [2.24, 2.45) is 0 Å². The third kappa shape index (κ3) is 4.16. The summed E-state index contributed by atoms with van der Waals surface area (Å²) in [5.74, 6) is 0. The molecule has 98 valence electrons. The Hall–Kier alpha value is -0.760. The molecule has 0 saturated carbocycles. The monoisotopic (exact) mass is 330 g/mol. The lowest BCUT2D eigenvalue weighted by molar-refractivity contribution is 0.199. The lowest BCUT2D eigenvalue weighted by atomic mass is 10.4. The summed E-state index contributed by atoms with van der Waals surface area (Å²) >= 11 is 5.15. The largest absolute Gasteiger partial charge is 0.383 e. The first-order chi connectivity index (χ1) is 8.78. The zero-order valence-electron chi connectivity index (χ0n) is 10.1. The van der Waals surface area contributed by atoms with Crippen LogP contribution in [0.4, 0.5) is 0 Å². The summed E-state index contributed by atoms with van der Waals surface area (Å²) in [7, 11) is 1.69. The number of nitrogens with zero attached hydrogens (tertiary/aromatic N) is 3. The van der Waals surface area contributed by atoms with Crippen LogP contribution >= 0.6 is 27.3 Å². The van der Waals surface area contributed by atoms with Crippen molar-refractivity contribution in [1.29, 1.82) is 0 Å². The Balaban J connectivity index is 1.82. The molecule has 0 radical (unpaired) electrons. The second kappa shape index (κ2) is 6.98. The van der Waals surface area contributed by atoms with Crippen LogP contribution in [0.5, 0.6) is 0 Å². The Morgan fingerprint density at radius 1 is 1.56 bits per heavy atom. The normalized spacial score (nSPS) is 11.0. The third-order valence-electron chi connectivity index (χ3n) is 2.31. The van der Waals surface area contributed by atoms with Crippen LogP contribution in [0.1, 0.15) is 10.6 Å². The van der Waals surface area contributed by atoms with Gasteiger partial charge in [-0.25, -0.2) is 4.68 Å². The quantitative estimate of drug-likeness (QED) is 0.787. The molecule has 7 heteroatoms. The van der Waals surface area contributed by atoms with Gasteiger partial charge in [-0.1, -0.05) is 5.21 Å². The highest BCUT2D eigenvalue weighted by Gasteiger charge is 2.03. The van der Waals surface area contributed by atoms with Gasteiger partial charge in [-0.05, 0) is 22.0 Å². The van der Waals surface area contributed by atoms with Gasteiger partial charge >= 0.3 is 0 Å². The number of halogens is 1. The summed E-state index contributed by atoms with van der Waals surface area (Å²) in [5, 5.41) is 13.5. The summed E-state index contributed by atoms with van der Waals surface area (Å²) in [6.07, 6.45) is 1.97. The van der Waals surface area contributed by atoms with Crippen molar-refractivity contribution in [3.8, 4) is 0 Å². The fourth-order valence-corrected chi connectivity index (χ4v) is 2.93. The molecule has 0 aromatic carbocycles. The fraction of sp³-hybridized carbons (Fsp3) is 0.455. The van der Waals surface area contributed by atoms with Crippen molar-refractivity contribution in [1.82, 2.24) is 20.3 Å². The first-order valence-electron chi connectivity index (χ1n) is 5.59. The first-order valence-corrected chi connectivity index (χ1v) is 7.27. The molecule has 0 spiro atoms. The Kier molecular flexibility index (Phi) is 5.30. The molecule has 0 bridgehead atoms. The maximum atomic E-state index is 4.96. The number of nitrogens with one attached hydrogen (secondary N) is 1. The van der Waals surface area contributed by atoms with E-state index < -0.39 is 0 Å². The highest BCUT2D eigenvalue weighted by Crippen LogP contribution is 2.20. The lowest BCUT2D eigenvalue weighted by Crippen LogP contribution is -2.18. The molecule has 2 aromatic rings. The zero-order valence-corrected chi connectivity index (χ0v) is 12.5. The van der Waals surface area contributed by atoms with Crippen LogP contribution in [-0.4, -0.2) is 35.3 Å². The molecule has 0 fully saturated rings. The van der Waals surface area contributed by atoms with Crippen LogP contribution in [0.15, 0.2) is 22.1 Å². The fourth-order valence-electron chi connectivity index (χ4n) is 1.48. The molecule has 0 aliphatic heterocycles. The molecular weight excluding hydrogens is 316 g/mol. The lowest BCUT2D eigenvalue weighted by Gasteiger charge is -1.99. The number of aromatic nitrogens is 3. The van der Waals surface area contributed by atoms with E-state index in [2.05, 4.69) is 43.0 Å². The van der Waals surface area contributed by atoms with Gasteiger partial charge in [0.05, 0.1) is 25.0 Å². The number of ether oxygens (including phenoxy) is 1. The minimum Gasteiger partial charge on any atom is -0.383 e. The molecule has 0 amide bonds. The van der Waals surface area contributed by atoms with Crippen LogP contribution in [0.3, 0.4) is 0 Å². The van der Waals surface area contributed by atoms with Gasteiger partial charge in [0.15, 0.2) is 0 Å². The minimum absolute atomic E-state index is 0.706. The number of methoxy groups -OCH3 is 1. The predicted octanol–water partition coefficient (Wildman–Crippen LogP) is 1.89. The average molecular weight is 331 g/mol. The molecule has 1 N–H and O–H groups in total. The summed E-state index contributed by atoms with van der Waals surface area (Å²) < 4.78 is 7.93. The van der Waals surface area contributed by atoms with Crippen molar-refractivity contribution < 1.29 is 4.74 Å². The van der Waals surface area contributed by atoms with Crippen molar-refractivity contribution in [2.75, 3.05) is 20.3 Å². The second-order valence-electron chi connectivity index (χ2n) is 3.81. The van der Waals surface area contributed by atoms with Gasteiger partial charge in [0, 0.05) is 34.9 Å². The van der Waals surface area contributed by atoms with Gasteiger partial charge in [0.1, 0.15) is 0 Å². The predicted molar refractivity (Wildman–Crippen MR) is 74.7 cm³/mol. The van der Waals surface area contributed by atoms with E-state index in [1.54, 1.807) is 18.4 Å². The van der Waals surface area contributed by atoms with Gasteiger partial charge < -0.3 is 10.1 Å². The standard InChI is InChI=1S/C11H15BrN4OS/c1-17-3-2-13-5-10-6-16(15-14-10)7-11-4-9(12)8-18-11/h4,6,8,13H,2-3,5,7H2,1H3. The number of hydrogen-bond acceptors (Lipinski definition) is 5. The topological polar surface area (TPSA) is 52.0 Å². The Morgan fingerprint density at radius 3 is 3.17 bits per heavy atom. The molecule has 5 nitrogen and oxygen atoms in total. The smallest absolute Gasteiger partial charge is 0.0965 e. The van der Waals surface area contributed by atoms with Crippen LogP contribution < -0.4 is 5.32 Å². The van der Waals surface area contributed by atoms with Crippen LogP contribution in [0, 0.1) is 0 Å². The van der Waals surface area contributed by atoms with E-state index in [9.17, 15) is 0 Å². The van der Waals surface area contributed by atoms with Crippen molar-refractivity contribution >= 4 is 27.3 Å². The molecular formula is C11H15BrN4OS. The van der Waals surface area contributed by atoms with E-state index in [1.807, 2.05) is 10.9 Å². The van der Waals surface area contributed by atoms with Gasteiger partial charge in [0.2, 0.25) is 0 Å². The van der Waals surface area contributed by atoms with Crippen LogP contribution in [0.2, 0.25) is 0 Å². The SMILES string of the molecule is COCCNCc1cn(Cc2cc(Br)cs2)nn1. The maximum Gasteiger partial charge on any atom is 0.0965 e. The first kappa shape index (κ1) is 13.7. The van der Waals surface area contributed by atoms with Crippen molar-refractivity contribution in [3.63, 3.8) is 0 Å².